The second-order valence-electron chi connectivity index (χ2n) is 15.3. The summed E-state index contributed by atoms with van der Waals surface area (Å²) < 4.78 is 6.45. The zero-order chi connectivity index (χ0) is 39.8. The van der Waals surface area contributed by atoms with Crippen molar-refractivity contribution in [2.24, 2.45) is 0 Å². The Labute approximate surface area is 349 Å². The number of anilines is 3. The van der Waals surface area contributed by atoms with Crippen molar-refractivity contribution in [3.8, 4) is 55.6 Å². The van der Waals surface area contributed by atoms with E-state index in [1.807, 2.05) is 12.1 Å². The van der Waals surface area contributed by atoms with Crippen LogP contribution in [0.5, 0.6) is 0 Å². The largest absolute Gasteiger partial charge is 0.455 e. The van der Waals surface area contributed by atoms with Gasteiger partial charge in [0.2, 0.25) is 0 Å². The van der Waals surface area contributed by atoms with E-state index in [4.69, 9.17) is 4.42 Å². The molecule has 0 radical (unpaired) electrons. The van der Waals surface area contributed by atoms with Crippen LogP contribution in [0.15, 0.2) is 241 Å². The molecule has 10 aromatic carbocycles. The van der Waals surface area contributed by atoms with Crippen molar-refractivity contribution >= 4 is 49.8 Å². The summed E-state index contributed by atoms with van der Waals surface area (Å²) in [5, 5.41) is 4.76. The van der Waals surface area contributed by atoms with Gasteiger partial charge in [0, 0.05) is 33.4 Å². The predicted molar refractivity (Wildman–Crippen MR) is 253 cm³/mol. The molecule has 0 aliphatic heterocycles. The molecule has 0 aliphatic carbocycles. The van der Waals surface area contributed by atoms with Crippen LogP contribution < -0.4 is 4.90 Å². The van der Waals surface area contributed by atoms with E-state index in [0.717, 1.165) is 61.3 Å². The van der Waals surface area contributed by atoms with E-state index in [1.165, 1.54) is 44.2 Å². The van der Waals surface area contributed by atoms with Gasteiger partial charge in [-0.1, -0.05) is 182 Å². The van der Waals surface area contributed by atoms with Crippen LogP contribution in [0.1, 0.15) is 0 Å². The van der Waals surface area contributed by atoms with Crippen LogP contribution in [0.3, 0.4) is 0 Å². The quantitative estimate of drug-likeness (QED) is 0.153. The SMILES string of the molecule is c1ccc(-c2cccc(-c3ccc(N(c4ccc(-c5cccc6ccccc56)cc4)c4cccc(-c5cccc(-c6cccc7c6oc6ccccc67)c5)c4)cc3)c2)cc1. The maximum Gasteiger partial charge on any atom is 0.143 e. The van der Waals surface area contributed by atoms with Crippen LogP contribution >= 0.6 is 0 Å². The van der Waals surface area contributed by atoms with Gasteiger partial charge in [-0.05, 0) is 115 Å². The number of furan rings is 1. The number of hydrogen-bond acceptors (Lipinski definition) is 2. The maximum absolute atomic E-state index is 6.45. The highest BCUT2D eigenvalue weighted by Gasteiger charge is 2.17. The minimum atomic E-state index is 0.905. The van der Waals surface area contributed by atoms with Crippen molar-refractivity contribution in [2.45, 2.75) is 0 Å². The number of fused-ring (bicyclic) bond motifs is 4. The third kappa shape index (κ3) is 6.51. The fourth-order valence-corrected chi connectivity index (χ4v) is 8.69. The molecule has 0 amide bonds. The van der Waals surface area contributed by atoms with Crippen molar-refractivity contribution in [2.75, 3.05) is 4.90 Å². The van der Waals surface area contributed by atoms with Crippen molar-refractivity contribution < 1.29 is 4.42 Å². The lowest BCUT2D eigenvalue weighted by Gasteiger charge is -2.26. The summed E-state index contributed by atoms with van der Waals surface area (Å²) >= 11 is 0. The monoisotopic (exact) mass is 765 g/mol. The molecule has 1 heterocycles. The molecule has 0 saturated carbocycles. The average Bonchev–Trinajstić information content (AvgIpc) is 3.72. The van der Waals surface area contributed by atoms with Gasteiger partial charge in [-0.25, -0.2) is 0 Å². The van der Waals surface area contributed by atoms with Gasteiger partial charge in [0.1, 0.15) is 11.2 Å². The van der Waals surface area contributed by atoms with E-state index in [2.05, 4.69) is 229 Å². The molecule has 0 aliphatic rings. The standard InChI is InChI=1S/C58H39NO/c1-2-13-40(14-3-1)44-17-8-18-45(37-44)41-29-33-49(34-30-41)59(50-35-31-43(32-36-50)53-25-11-16-42-15-4-5-23-52(42)53)51-22-10-20-47(39-51)46-19-9-21-48(38-46)54-26-12-27-56-55-24-6-7-28-57(55)60-58(54)56/h1-39H. The van der Waals surface area contributed by atoms with Gasteiger partial charge in [-0.3, -0.25) is 0 Å². The molecule has 11 rings (SSSR count). The summed E-state index contributed by atoms with van der Waals surface area (Å²) in [5.74, 6) is 0. The predicted octanol–water partition coefficient (Wildman–Crippen LogP) is 16.5. The van der Waals surface area contributed by atoms with Crippen molar-refractivity contribution in [3.63, 3.8) is 0 Å². The van der Waals surface area contributed by atoms with Crippen LogP contribution in [0.25, 0.3) is 88.3 Å². The minimum Gasteiger partial charge on any atom is -0.455 e. The lowest BCUT2D eigenvalue weighted by atomic mass is 9.97. The molecule has 0 spiro atoms. The number of rotatable bonds is 8. The molecule has 0 bridgehead atoms. The molecule has 60 heavy (non-hydrogen) atoms. The van der Waals surface area contributed by atoms with Crippen LogP contribution in [-0.4, -0.2) is 0 Å². The molecular formula is C58H39NO. The molecule has 0 saturated heterocycles. The Balaban J connectivity index is 0.987. The Morgan fingerprint density at radius 1 is 0.267 bits per heavy atom. The Kier molecular flexibility index (Phi) is 8.87. The van der Waals surface area contributed by atoms with Crippen LogP contribution in [-0.2, 0) is 0 Å². The van der Waals surface area contributed by atoms with Gasteiger partial charge in [-0.15, -0.1) is 0 Å². The Morgan fingerprint density at radius 3 is 1.52 bits per heavy atom. The van der Waals surface area contributed by atoms with Crippen LogP contribution in [0.4, 0.5) is 17.1 Å². The first-order chi connectivity index (χ1) is 29.7. The number of hydrogen-bond donors (Lipinski definition) is 0. The molecule has 0 N–H and O–H groups in total. The lowest BCUT2D eigenvalue weighted by molar-refractivity contribution is 0.670. The van der Waals surface area contributed by atoms with Gasteiger partial charge >= 0.3 is 0 Å². The molecule has 1 aromatic heterocycles. The second-order valence-corrected chi connectivity index (χ2v) is 15.3. The summed E-state index contributed by atoms with van der Waals surface area (Å²) in [6.07, 6.45) is 0. The third-order valence-electron chi connectivity index (χ3n) is 11.7. The molecule has 0 fully saturated rings. The lowest BCUT2D eigenvalue weighted by Crippen LogP contribution is -2.10. The zero-order valence-corrected chi connectivity index (χ0v) is 32.9. The van der Waals surface area contributed by atoms with E-state index < -0.39 is 0 Å². The number of nitrogens with zero attached hydrogens (tertiary/aromatic N) is 1. The fraction of sp³-hybridized carbons (Fsp3) is 0. The highest BCUT2D eigenvalue weighted by atomic mass is 16.3. The highest BCUT2D eigenvalue weighted by Crippen LogP contribution is 2.41. The molecule has 0 unspecified atom stereocenters. The van der Waals surface area contributed by atoms with E-state index in [9.17, 15) is 0 Å². The third-order valence-corrected chi connectivity index (χ3v) is 11.7. The summed E-state index contributed by atoms with van der Waals surface area (Å²) in [6.45, 7) is 0. The summed E-state index contributed by atoms with van der Waals surface area (Å²) in [5.41, 5.74) is 16.8. The molecular weight excluding hydrogens is 727 g/mol. The zero-order valence-electron chi connectivity index (χ0n) is 32.9. The van der Waals surface area contributed by atoms with E-state index in [0.29, 0.717) is 0 Å². The maximum atomic E-state index is 6.45. The first kappa shape index (κ1) is 35.2. The number of para-hydroxylation sites is 2. The van der Waals surface area contributed by atoms with Crippen LogP contribution in [0, 0.1) is 0 Å². The van der Waals surface area contributed by atoms with Crippen molar-refractivity contribution in [1.29, 1.82) is 0 Å². The minimum absolute atomic E-state index is 0.905. The Bertz CT molecular complexity index is 3300. The smallest absolute Gasteiger partial charge is 0.143 e. The van der Waals surface area contributed by atoms with Gasteiger partial charge in [-0.2, -0.15) is 0 Å². The topological polar surface area (TPSA) is 16.4 Å². The molecule has 11 aromatic rings. The molecule has 2 heteroatoms. The Hall–Kier alpha value is -7.94. The van der Waals surface area contributed by atoms with Crippen molar-refractivity contribution in [1.82, 2.24) is 0 Å². The van der Waals surface area contributed by atoms with Crippen molar-refractivity contribution in [3.05, 3.63) is 237 Å². The molecule has 282 valence electrons. The molecule has 0 atom stereocenters. The fourth-order valence-electron chi connectivity index (χ4n) is 8.69. The first-order valence-electron chi connectivity index (χ1n) is 20.5. The van der Waals surface area contributed by atoms with E-state index in [1.54, 1.807) is 0 Å². The van der Waals surface area contributed by atoms with Gasteiger partial charge < -0.3 is 9.32 Å². The Morgan fingerprint density at radius 2 is 0.750 bits per heavy atom. The van der Waals surface area contributed by atoms with Gasteiger partial charge in [0.05, 0.1) is 0 Å². The number of benzene rings is 10. The van der Waals surface area contributed by atoms with E-state index >= 15 is 0 Å². The normalized spacial score (nSPS) is 11.3. The van der Waals surface area contributed by atoms with Gasteiger partial charge in [0.25, 0.3) is 0 Å². The highest BCUT2D eigenvalue weighted by molar-refractivity contribution is 6.09. The summed E-state index contributed by atoms with van der Waals surface area (Å²) in [4.78, 5) is 2.36. The first-order valence-corrected chi connectivity index (χ1v) is 20.5. The second kappa shape index (κ2) is 15.1. The van der Waals surface area contributed by atoms with Gasteiger partial charge in [0.15, 0.2) is 0 Å². The average molecular weight is 766 g/mol. The van der Waals surface area contributed by atoms with Crippen LogP contribution in [0.2, 0.25) is 0 Å². The summed E-state index contributed by atoms with van der Waals surface area (Å²) in [7, 11) is 0. The molecule has 2 nitrogen and oxygen atoms in total. The van der Waals surface area contributed by atoms with E-state index in [-0.39, 0.29) is 0 Å². The summed E-state index contributed by atoms with van der Waals surface area (Å²) in [6, 6.07) is 84.8.